The van der Waals surface area contributed by atoms with Gasteiger partial charge in [-0.2, -0.15) is 4.31 Å². The number of benzene rings is 1. The SMILES string of the molecule is CC(C)C1N(S(=O)(=O)c2ccc([N+](=O)[O-])cc2)CC12C[C@@H](N)[C@H](O)C2. The molecule has 0 bridgehead atoms. The van der Waals surface area contributed by atoms with Crippen LogP contribution < -0.4 is 5.73 Å². The lowest BCUT2D eigenvalue weighted by atomic mass is 9.67. The Morgan fingerprint density at radius 1 is 1.32 bits per heavy atom. The van der Waals surface area contributed by atoms with Gasteiger partial charge < -0.3 is 10.8 Å². The Morgan fingerprint density at radius 2 is 1.92 bits per heavy atom. The van der Waals surface area contributed by atoms with Crippen LogP contribution in [0.3, 0.4) is 0 Å². The number of nitrogens with two attached hydrogens (primary N) is 1. The number of nitro benzene ring substituents is 1. The van der Waals surface area contributed by atoms with Crippen molar-refractivity contribution in [2.75, 3.05) is 6.54 Å². The van der Waals surface area contributed by atoms with Gasteiger partial charge in [0.2, 0.25) is 10.0 Å². The number of nitro groups is 1. The van der Waals surface area contributed by atoms with Crippen LogP contribution in [0.15, 0.2) is 29.2 Å². The van der Waals surface area contributed by atoms with E-state index in [1.54, 1.807) is 0 Å². The fourth-order valence-corrected chi connectivity index (χ4v) is 6.42. The Balaban J connectivity index is 1.89. The summed E-state index contributed by atoms with van der Waals surface area (Å²) in [4.78, 5) is 10.2. The lowest BCUT2D eigenvalue weighted by Crippen LogP contribution is -2.67. The van der Waals surface area contributed by atoms with Crippen LogP contribution in [0.25, 0.3) is 0 Å². The highest BCUT2D eigenvalue weighted by atomic mass is 32.2. The second kappa shape index (κ2) is 6.01. The van der Waals surface area contributed by atoms with E-state index >= 15 is 0 Å². The summed E-state index contributed by atoms with van der Waals surface area (Å²) in [5.41, 5.74) is 5.51. The van der Waals surface area contributed by atoms with Crippen molar-refractivity contribution in [3.63, 3.8) is 0 Å². The second-order valence-corrected chi connectivity index (χ2v) is 9.38. The molecule has 2 fully saturated rings. The van der Waals surface area contributed by atoms with Crippen molar-refractivity contribution in [2.24, 2.45) is 17.1 Å². The maximum absolute atomic E-state index is 13.0. The van der Waals surface area contributed by atoms with Crippen LogP contribution in [0.5, 0.6) is 0 Å². The smallest absolute Gasteiger partial charge is 0.269 e. The topological polar surface area (TPSA) is 127 Å². The summed E-state index contributed by atoms with van der Waals surface area (Å²) in [7, 11) is -3.75. The molecule has 1 aromatic carbocycles. The third kappa shape index (κ3) is 2.84. The molecule has 3 rings (SSSR count). The maximum atomic E-state index is 13.0. The summed E-state index contributed by atoms with van der Waals surface area (Å²) >= 11 is 0. The first-order valence-electron chi connectivity index (χ1n) is 8.28. The van der Waals surface area contributed by atoms with E-state index in [0.29, 0.717) is 19.4 Å². The minimum Gasteiger partial charge on any atom is -0.391 e. The summed E-state index contributed by atoms with van der Waals surface area (Å²) in [6.45, 7) is 4.24. The van der Waals surface area contributed by atoms with Gasteiger partial charge >= 0.3 is 0 Å². The number of sulfonamides is 1. The molecule has 3 N–H and O–H groups in total. The third-order valence-corrected chi connectivity index (χ3v) is 7.29. The Hall–Kier alpha value is -1.55. The van der Waals surface area contributed by atoms with Crippen LogP contribution in [-0.4, -0.2) is 47.5 Å². The van der Waals surface area contributed by atoms with E-state index in [1.165, 1.54) is 28.6 Å². The van der Waals surface area contributed by atoms with Gasteiger partial charge in [-0.3, -0.25) is 10.1 Å². The van der Waals surface area contributed by atoms with Gasteiger partial charge in [0.15, 0.2) is 0 Å². The summed E-state index contributed by atoms with van der Waals surface area (Å²) < 4.78 is 27.4. The number of aliphatic hydroxyl groups excluding tert-OH is 1. The van der Waals surface area contributed by atoms with E-state index in [2.05, 4.69) is 0 Å². The van der Waals surface area contributed by atoms with Crippen LogP contribution >= 0.6 is 0 Å². The van der Waals surface area contributed by atoms with Crippen molar-refractivity contribution in [1.29, 1.82) is 0 Å². The molecule has 1 aliphatic heterocycles. The van der Waals surface area contributed by atoms with Gasteiger partial charge in [-0.15, -0.1) is 0 Å². The summed E-state index contributed by atoms with van der Waals surface area (Å²) in [6, 6.07) is 4.36. The van der Waals surface area contributed by atoms with Crippen LogP contribution in [0, 0.1) is 21.4 Å². The van der Waals surface area contributed by atoms with E-state index in [-0.39, 0.29) is 34.0 Å². The van der Waals surface area contributed by atoms with Crippen molar-refractivity contribution in [3.8, 4) is 0 Å². The molecule has 9 heteroatoms. The Bertz CT molecular complexity index is 767. The highest BCUT2D eigenvalue weighted by molar-refractivity contribution is 7.89. The standard InChI is InChI=1S/C16H23N3O5S/c1-10(2)15-16(7-13(17)14(20)8-16)9-18(15)25(23,24)12-5-3-11(4-6-12)19(21)22/h3-6,10,13-15,20H,7-9,17H2,1-2H3/t13-,14-,15?,16?/m1/s1. The van der Waals surface area contributed by atoms with Crippen LogP contribution in [0.4, 0.5) is 5.69 Å². The Kier molecular flexibility index (Phi) is 4.39. The molecule has 25 heavy (non-hydrogen) atoms. The van der Waals surface area contributed by atoms with Crippen molar-refractivity contribution >= 4 is 15.7 Å². The molecule has 1 aliphatic carbocycles. The normalized spacial score (nSPS) is 32.9. The first-order valence-corrected chi connectivity index (χ1v) is 9.72. The molecule has 0 radical (unpaired) electrons. The van der Waals surface area contributed by atoms with Gasteiger partial charge in [0.1, 0.15) is 0 Å². The fourth-order valence-electron chi connectivity index (χ4n) is 4.47. The summed E-state index contributed by atoms with van der Waals surface area (Å²) in [6.07, 6.45) is 0.498. The molecule has 138 valence electrons. The van der Waals surface area contributed by atoms with Crippen LogP contribution in [0.1, 0.15) is 26.7 Å². The average molecular weight is 369 g/mol. The lowest BCUT2D eigenvalue weighted by Gasteiger charge is -2.57. The predicted octanol–water partition coefficient (Wildman–Crippen LogP) is 1.09. The van der Waals surface area contributed by atoms with Crippen molar-refractivity contribution in [3.05, 3.63) is 34.4 Å². The number of non-ortho nitro benzene ring substituents is 1. The maximum Gasteiger partial charge on any atom is 0.269 e. The van der Waals surface area contributed by atoms with Gasteiger partial charge in [0.05, 0.1) is 15.9 Å². The quantitative estimate of drug-likeness (QED) is 0.604. The van der Waals surface area contributed by atoms with Gasteiger partial charge in [-0.1, -0.05) is 13.8 Å². The van der Waals surface area contributed by atoms with Crippen molar-refractivity contribution in [2.45, 2.75) is 49.8 Å². The molecule has 2 aliphatic rings. The number of hydrogen-bond acceptors (Lipinski definition) is 6. The molecule has 0 aromatic heterocycles. The fraction of sp³-hybridized carbons (Fsp3) is 0.625. The van der Waals surface area contributed by atoms with Crippen molar-refractivity contribution in [1.82, 2.24) is 4.31 Å². The van der Waals surface area contributed by atoms with Crippen molar-refractivity contribution < 1.29 is 18.4 Å². The van der Waals surface area contributed by atoms with E-state index in [1.807, 2.05) is 13.8 Å². The van der Waals surface area contributed by atoms with E-state index < -0.39 is 21.1 Å². The first kappa shape index (κ1) is 18.2. The number of nitrogens with zero attached hydrogens (tertiary/aromatic N) is 2. The zero-order valence-electron chi connectivity index (χ0n) is 14.2. The van der Waals surface area contributed by atoms with Gasteiger partial charge in [-0.05, 0) is 30.9 Å². The zero-order valence-corrected chi connectivity index (χ0v) is 15.0. The second-order valence-electron chi connectivity index (χ2n) is 7.49. The van der Waals surface area contributed by atoms with Gasteiger partial charge in [-0.25, -0.2) is 8.42 Å². The summed E-state index contributed by atoms with van der Waals surface area (Å²) in [5.74, 6) is 0.0686. The molecule has 1 aromatic rings. The molecule has 1 saturated carbocycles. The average Bonchev–Trinajstić information content (AvgIpc) is 2.81. The molecule has 2 unspecified atom stereocenters. The highest BCUT2D eigenvalue weighted by Gasteiger charge is 2.62. The largest absolute Gasteiger partial charge is 0.391 e. The first-order chi connectivity index (χ1) is 11.6. The monoisotopic (exact) mass is 369 g/mol. The molecule has 0 amide bonds. The molecule has 1 heterocycles. The molecule has 1 saturated heterocycles. The Labute approximate surface area is 146 Å². The molecular formula is C16H23N3O5S. The van der Waals surface area contributed by atoms with E-state index in [4.69, 9.17) is 5.73 Å². The lowest BCUT2D eigenvalue weighted by molar-refractivity contribution is -0.384. The van der Waals surface area contributed by atoms with E-state index in [0.717, 1.165) is 0 Å². The molecule has 8 nitrogen and oxygen atoms in total. The molecule has 1 spiro atoms. The Morgan fingerprint density at radius 3 is 2.36 bits per heavy atom. The number of rotatable bonds is 4. The zero-order chi connectivity index (χ0) is 18.6. The molecular weight excluding hydrogens is 346 g/mol. The predicted molar refractivity (Wildman–Crippen MR) is 91.3 cm³/mol. The third-order valence-electron chi connectivity index (χ3n) is 5.45. The van der Waals surface area contributed by atoms with Gasteiger partial charge in [0.25, 0.3) is 5.69 Å². The minimum absolute atomic E-state index is 0.0430. The highest BCUT2D eigenvalue weighted by Crippen LogP contribution is 2.54. The number of hydrogen-bond donors (Lipinski definition) is 2. The molecule has 4 atom stereocenters. The van der Waals surface area contributed by atoms with Crippen LogP contribution in [-0.2, 0) is 10.0 Å². The van der Waals surface area contributed by atoms with Crippen LogP contribution in [0.2, 0.25) is 0 Å². The van der Waals surface area contributed by atoms with Gasteiger partial charge in [0, 0.05) is 36.2 Å². The summed E-state index contributed by atoms with van der Waals surface area (Å²) in [5, 5.41) is 20.8. The van der Waals surface area contributed by atoms with E-state index in [9.17, 15) is 23.6 Å². The minimum atomic E-state index is -3.75. The number of aliphatic hydroxyl groups is 1.